The van der Waals surface area contributed by atoms with Crippen LogP contribution in [0.2, 0.25) is 5.02 Å². The molecule has 0 radical (unpaired) electrons. The molecule has 7 heteroatoms. The summed E-state index contributed by atoms with van der Waals surface area (Å²) in [6.07, 6.45) is 1.51. The van der Waals surface area contributed by atoms with Crippen molar-refractivity contribution >= 4 is 27.3 Å². The van der Waals surface area contributed by atoms with Gasteiger partial charge in [-0.3, -0.25) is 0 Å². The van der Waals surface area contributed by atoms with Crippen molar-refractivity contribution in [2.45, 2.75) is 17.7 Å². The fraction of sp³-hybridized carbons (Fsp3) is 0.455. The molecule has 0 aliphatic rings. The van der Waals surface area contributed by atoms with E-state index in [2.05, 4.69) is 4.72 Å². The van der Waals surface area contributed by atoms with Crippen LogP contribution in [0.25, 0.3) is 0 Å². The minimum absolute atomic E-state index is 0.0464. The van der Waals surface area contributed by atoms with E-state index in [1.165, 1.54) is 18.2 Å². The third-order valence-corrected chi connectivity index (χ3v) is 4.26. The Bertz CT molecular complexity index is 491. The van der Waals surface area contributed by atoms with Gasteiger partial charge in [0.05, 0.1) is 5.02 Å². The molecular weight excluding hydrogens is 276 g/mol. The molecular formula is C11H17ClN2O3S. The molecule has 3 N–H and O–H groups in total. The Morgan fingerprint density at radius 3 is 2.72 bits per heavy atom. The third-order valence-electron chi connectivity index (χ3n) is 2.31. The number of nitrogens with one attached hydrogen (secondary N) is 1. The number of nitrogens with two attached hydrogens (primary N) is 1. The van der Waals surface area contributed by atoms with Crippen LogP contribution in [0.3, 0.4) is 0 Å². The number of rotatable bonds is 7. The van der Waals surface area contributed by atoms with E-state index in [0.29, 0.717) is 25.3 Å². The van der Waals surface area contributed by atoms with E-state index in [9.17, 15) is 8.42 Å². The number of unbranched alkanes of at least 4 members (excludes halogenated alkanes) is 1. The highest BCUT2D eigenvalue weighted by molar-refractivity contribution is 7.89. The van der Waals surface area contributed by atoms with Crippen molar-refractivity contribution in [1.29, 1.82) is 0 Å². The Morgan fingerprint density at radius 1 is 1.39 bits per heavy atom. The number of anilines is 1. The van der Waals surface area contributed by atoms with Gasteiger partial charge in [-0.25, -0.2) is 13.1 Å². The largest absolute Gasteiger partial charge is 0.399 e. The van der Waals surface area contributed by atoms with Crippen LogP contribution in [0.1, 0.15) is 12.8 Å². The highest BCUT2D eigenvalue weighted by Crippen LogP contribution is 2.23. The van der Waals surface area contributed by atoms with Crippen LogP contribution < -0.4 is 10.5 Å². The van der Waals surface area contributed by atoms with Crippen LogP contribution in [0.15, 0.2) is 23.1 Å². The topological polar surface area (TPSA) is 81.4 Å². The maximum Gasteiger partial charge on any atom is 0.242 e. The molecule has 0 bridgehead atoms. The molecule has 1 aromatic carbocycles. The molecule has 102 valence electrons. The highest BCUT2D eigenvalue weighted by Gasteiger charge is 2.16. The Kier molecular flexibility index (Phi) is 5.87. The van der Waals surface area contributed by atoms with Crippen molar-refractivity contribution in [3.05, 3.63) is 23.2 Å². The lowest BCUT2D eigenvalue weighted by molar-refractivity contribution is 0.193. The van der Waals surface area contributed by atoms with E-state index >= 15 is 0 Å². The monoisotopic (exact) mass is 292 g/mol. The number of ether oxygens (including phenoxy) is 1. The Labute approximate surface area is 112 Å². The maximum absolute atomic E-state index is 11.9. The molecule has 18 heavy (non-hydrogen) atoms. The van der Waals surface area contributed by atoms with E-state index < -0.39 is 10.0 Å². The number of halogens is 1. The molecule has 0 saturated carbocycles. The normalized spacial score (nSPS) is 11.7. The number of hydrogen-bond donors (Lipinski definition) is 2. The lowest BCUT2D eigenvalue weighted by atomic mass is 10.3. The van der Waals surface area contributed by atoms with Crippen LogP contribution in [0.4, 0.5) is 5.69 Å². The summed E-state index contributed by atoms with van der Waals surface area (Å²) in [6, 6.07) is 4.32. The zero-order chi connectivity index (χ0) is 13.6. The van der Waals surface area contributed by atoms with Gasteiger partial charge in [0.15, 0.2) is 0 Å². The number of nitrogen functional groups attached to an aromatic ring is 1. The zero-order valence-corrected chi connectivity index (χ0v) is 11.7. The lowest BCUT2D eigenvalue weighted by Crippen LogP contribution is -2.25. The summed E-state index contributed by atoms with van der Waals surface area (Å²) < 4.78 is 31.2. The van der Waals surface area contributed by atoms with Crippen molar-refractivity contribution in [3.8, 4) is 0 Å². The van der Waals surface area contributed by atoms with Gasteiger partial charge in [-0.15, -0.1) is 0 Å². The van der Waals surface area contributed by atoms with Gasteiger partial charge in [0, 0.05) is 25.9 Å². The van der Waals surface area contributed by atoms with Gasteiger partial charge in [0.25, 0.3) is 0 Å². The predicted octanol–water partition coefficient (Wildman–Crippen LogP) is 1.63. The zero-order valence-electron chi connectivity index (χ0n) is 10.1. The first-order chi connectivity index (χ1) is 8.47. The van der Waals surface area contributed by atoms with Gasteiger partial charge in [-0.1, -0.05) is 11.6 Å². The Hall–Kier alpha value is -0.820. The third kappa shape index (κ3) is 4.45. The fourth-order valence-corrected chi connectivity index (χ4v) is 3.02. The van der Waals surface area contributed by atoms with Crippen LogP contribution in [-0.2, 0) is 14.8 Å². The number of benzene rings is 1. The molecule has 0 unspecified atom stereocenters. The average Bonchev–Trinajstić information content (AvgIpc) is 2.28. The molecule has 1 aromatic rings. The Morgan fingerprint density at radius 2 is 2.11 bits per heavy atom. The van der Waals surface area contributed by atoms with E-state index in [-0.39, 0.29) is 9.92 Å². The first-order valence-corrected chi connectivity index (χ1v) is 7.37. The second-order valence-corrected chi connectivity index (χ2v) is 5.93. The molecule has 0 fully saturated rings. The lowest BCUT2D eigenvalue weighted by Gasteiger charge is -2.08. The second kappa shape index (κ2) is 6.94. The molecule has 0 amide bonds. The molecule has 0 aliphatic carbocycles. The van der Waals surface area contributed by atoms with Gasteiger partial charge in [-0.2, -0.15) is 0 Å². The summed E-state index contributed by atoms with van der Waals surface area (Å²) in [7, 11) is -1.96. The number of sulfonamides is 1. The summed E-state index contributed by atoms with van der Waals surface area (Å²) in [5, 5.41) is 0.124. The number of methoxy groups -OCH3 is 1. The van der Waals surface area contributed by atoms with Crippen molar-refractivity contribution in [1.82, 2.24) is 4.72 Å². The average molecular weight is 293 g/mol. The van der Waals surface area contributed by atoms with Gasteiger partial charge >= 0.3 is 0 Å². The summed E-state index contributed by atoms with van der Waals surface area (Å²) in [6.45, 7) is 0.969. The molecule has 1 rings (SSSR count). The van der Waals surface area contributed by atoms with Crippen LogP contribution in [-0.4, -0.2) is 28.7 Å². The minimum Gasteiger partial charge on any atom is -0.399 e. The second-order valence-electron chi connectivity index (χ2n) is 3.79. The summed E-state index contributed by atoms with van der Waals surface area (Å²) in [4.78, 5) is 0.0464. The van der Waals surface area contributed by atoms with E-state index in [1.54, 1.807) is 7.11 Å². The molecule has 0 spiro atoms. The van der Waals surface area contributed by atoms with Crippen molar-refractivity contribution < 1.29 is 13.2 Å². The SMILES string of the molecule is COCCCCNS(=O)(=O)c1ccc(N)cc1Cl. The van der Waals surface area contributed by atoms with Gasteiger partial charge in [-0.05, 0) is 31.0 Å². The van der Waals surface area contributed by atoms with Crippen molar-refractivity contribution in [2.75, 3.05) is 26.0 Å². The van der Waals surface area contributed by atoms with E-state index in [0.717, 1.165) is 6.42 Å². The van der Waals surface area contributed by atoms with Crippen LogP contribution in [0, 0.1) is 0 Å². The molecule has 0 saturated heterocycles. The molecule has 0 atom stereocenters. The predicted molar refractivity (Wildman–Crippen MR) is 72.2 cm³/mol. The maximum atomic E-state index is 11.9. The first-order valence-electron chi connectivity index (χ1n) is 5.51. The van der Waals surface area contributed by atoms with E-state index in [4.69, 9.17) is 22.1 Å². The summed E-state index contributed by atoms with van der Waals surface area (Å²) in [5.41, 5.74) is 5.94. The van der Waals surface area contributed by atoms with Gasteiger partial charge in [0.2, 0.25) is 10.0 Å². The van der Waals surface area contributed by atoms with Crippen LogP contribution in [0.5, 0.6) is 0 Å². The molecule has 0 aliphatic heterocycles. The van der Waals surface area contributed by atoms with Gasteiger partial charge in [0.1, 0.15) is 4.90 Å². The van der Waals surface area contributed by atoms with E-state index in [1.807, 2.05) is 0 Å². The van der Waals surface area contributed by atoms with Gasteiger partial charge < -0.3 is 10.5 Å². The standard InChI is InChI=1S/C11H17ClN2O3S/c1-17-7-3-2-6-14-18(15,16)11-5-4-9(13)8-10(11)12/h4-5,8,14H,2-3,6-7,13H2,1H3. The molecule has 0 heterocycles. The van der Waals surface area contributed by atoms with Crippen molar-refractivity contribution in [3.63, 3.8) is 0 Å². The van der Waals surface area contributed by atoms with Crippen LogP contribution >= 0.6 is 11.6 Å². The minimum atomic E-state index is -3.57. The quantitative estimate of drug-likeness (QED) is 0.591. The summed E-state index contributed by atoms with van der Waals surface area (Å²) in [5.74, 6) is 0. The fourth-order valence-electron chi connectivity index (χ4n) is 1.39. The highest BCUT2D eigenvalue weighted by atomic mass is 35.5. The molecule has 0 aromatic heterocycles. The molecule has 5 nitrogen and oxygen atoms in total. The first kappa shape index (κ1) is 15.2. The summed E-state index contributed by atoms with van der Waals surface area (Å²) >= 11 is 5.86. The Balaban J connectivity index is 2.63. The van der Waals surface area contributed by atoms with Crippen molar-refractivity contribution in [2.24, 2.45) is 0 Å². The smallest absolute Gasteiger partial charge is 0.242 e. The number of hydrogen-bond acceptors (Lipinski definition) is 4.